The molecule has 0 unspecified atom stereocenters. The number of rotatable bonds is 3. The maximum Gasteiger partial charge on any atom is 0.223 e. The summed E-state index contributed by atoms with van der Waals surface area (Å²) in [6, 6.07) is 0.672. The number of aliphatic hydroxyl groups excluding tert-OH is 1. The van der Waals surface area contributed by atoms with Crippen molar-refractivity contribution in [2.24, 2.45) is 17.6 Å². The van der Waals surface area contributed by atoms with Crippen LogP contribution < -0.4 is 11.1 Å². The molecule has 0 bridgehead atoms. The zero-order chi connectivity index (χ0) is 13.0. The standard InChI is InChI=1S/C14H26N2O2/c15-12-5-7-13(8-6-12)16-14(18)11-3-1-10(9-17)2-4-11/h10-13,17H,1-9,15H2,(H,16,18)/t10?,11?,12-,13-. The monoisotopic (exact) mass is 254 g/mol. The summed E-state index contributed by atoms with van der Waals surface area (Å²) in [4.78, 5) is 12.1. The number of hydrogen-bond acceptors (Lipinski definition) is 3. The predicted molar refractivity (Wildman–Crippen MR) is 70.9 cm³/mol. The average molecular weight is 254 g/mol. The summed E-state index contributed by atoms with van der Waals surface area (Å²) < 4.78 is 0. The summed E-state index contributed by atoms with van der Waals surface area (Å²) in [6.45, 7) is 0.273. The summed E-state index contributed by atoms with van der Waals surface area (Å²) in [6.07, 6.45) is 7.96. The minimum absolute atomic E-state index is 0.170. The Morgan fingerprint density at radius 1 is 1.06 bits per heavy atom. The number of amides is 1. The summed E-state index contributed by atoms with van der Waals surface area (Å²) >= 11 is 0. The van der Waals surface area contributed by atoms with E-state index in [1.54, 1.807) is 0 Å². The largest absolute Gasteiger partial charge is 0.396 e. The van der Waals surface area contributed by atoms with E-state index in [2.05, 4.69) is 5.32 Å². The third-order valence-corrected chi connectivity index (χ3v) is 4.59. The van der Waals surface area contributed by atoms with Crippen molar-refractivity contribution in [2.45, 2.75) is 63.5 Å². The van der Waals surface area contributed by atoms with Crippen LogP contribution in [-0.4, -0.2) is 29.7 Å². The Morgan fingerprint density at radius 3 is 2.22 bits per heavy atom. The van der Waals surface area contributed by atoms with E-state index in [1.807, 2.05) is 0 Å². The van der Waals surface area contributed by atoms with E-state index < -0.39 is 0 Å². The lowest BCUT2D eigenvalue weighted by atomic mass is 9.81. The van der Waals surface area contributed by atoms with Crippen LogP contribution in [0.4, 0.5) is 0 Å². The van der Waals surface area contributed by atoms with Gasteiger partial charge in [-0.2, -0.15) is 0 Å². The van der Waals surface area contributed by atoms with Crippen molar-refractivity contribution in [1.82, 2.24) is 5.32 Å². The second-order valence-corrected chi connectivity index (χ2v) is 6.02. The van der Waals surface area contributed by atoms with Crippen LogP contribution >= 0.6 is 0 Å². The Morgan fingerprint density at radius 2 is 1.67 bits per heavy atom. The molecule has 4 nitrogen and oxygen atoms in total. The average Bonchev–Trinajstić information content (AvgIpc) is 2.41. The highest BCUT2D eigenvalue weighted by molar-refractivity contribution is 5.79. The van der Waals surface area contributed by atoms with Gasteiger partial charge in [0, 0.05) is 24.6 Å². The van der Waals surface area contributed by atoms with E-state index in [9.17, 15) is 4.79 Å². The smallest absolute Gasteiger partial charge is 0.223 e. The van der Waals surface area contributed by atoms with Gasteiger partial charge in [-0.3, -0.25) is 4.79 Å². The van der Waals surface area contributed by atoms with Gasteiger partial charge in [-0.1, -0.05) is 0 Å². The fourth-order valence-corrected chi connectivity index (χ4v) is 3.19. The molecular weight excluding hydrogens is 228 g/mol. The van der Waals surface area contributed by atoms with Gasteiger partial charge < -0.3 is 16.2 Å². The van der Waals surface area contributed by atoms with Crippen molar-refractivity contribution >= 4 is 5.91 Å². The van der Waals surface area contributed by atoms with Crippen LogP contribution in [0.15, 0.2) is 0 Å². The lowest BCUT2D eigenvalue weighted by molar-refractivity contribution is -0.127. The quantitative estimate of drug-likeness (QED) is 0.707. The first-order chi connectivity index (χ1) is 8.69. The molecule has 4 heteroatoms. The molecule has 2 aliphatic carbocycles. The van der Waals surface area contributed by atoms with Crippen LogP contribution in [0.2, 0.25) is 0 Å². The molecule has 2 rings (SSSR count). The van der Waals surface area contributed by atoms with E-state index in [4.69, 9.17) is 10.8 Å². The molecule has 0 saturated heterocycles. The van der Waals surface area contributed by atoms with Crippen molar-refractivity contribution in [3.05, 3.63) is 0 Å². The molecule has 0 heterocycles. The van der Waals surface area contributed by atoms with Crippen LogP contribution in [0.1, 0.15) is 51.4 Å². The minimum Gasteiger partial charge on any atom is -0.396 e. The van der Waals surface area contributed by atoms with Crippen LogP contribution in [0.5, 0.6) is 0 Å². The van der Waals surface area contributed by atoms with Crippen molar-refractivity contribution < 1.29 is 9.90 Å². The van der Waals surface area contributed by atoms with Gasteiger partial charge in [-0.15, -0.1) is 0 Å². The molecule has 4 N–H and O–H groups in total. The molecule has 2 saturated carbocycles. The Bertz CT molecular complexity index is 267. The van der Waals surface area contributed by atoms with Gasteiger partial charge >= 0.3 is 0 Å². The zero-order valence-corrected chi connectivity index (χ0v) is 11.1. The first-order valence-electron chi connectivity index (χ1n) is 7.36. The van der Waals surface area contributed by atoms with Crippen molar-refractivity contribution in [3.8, 4) is 0 Å². The second-order valence-electron chi connectivity index (χ2n) is 6.02. The molecule has 2 fully saturated rings. The number of nitrogens with one attached hydrogen (secondary N) is 1. The molecular formula is C14H26N2O2. The van der Waals surface area contributed by atoms with Gasteiger partial charge in [0.05, 0.1) is 0 Å². The lowest BCUT2D eigenvalue weighted by Crippen LogP contribution is -2.43. The van der Waals surface area contributed by atoms with Gasteiger partial charge in [-0.05, 0) is 57.3 Å². The molecule has 2 aliphatic rings. The van der Waals surface area contributed by atoms with Crippen LogP contribution in [-0.2, 0) is 4.79 Å². The molecule has 0 aromatic rings. The molecule has 1 amide bonds. The Balaban J connectivity index is 1.72. The van der Waals surface area contributed by atoms with E-state index in [-0.39, 0.29) is 18.4 Å². The first kappa shape index (κ1) is 13.8. The number of carbonyl (C=O) groups is 1. The minimum atomic E-state index is 0.170. The van der Waals surface area contributed by atoms with Gasteiger partial charge in [0.2, 0.25) is 5.91 Å². The van der Waals surface area contributed by atoms with E-state index in [0.29, 0.717) is 18.0 Å². The molecule has 0 aliphatic heterocycles. The zero-order valence-electron chi connectivity index (χ0n) is 11.1. The molecule has 0 aromatic heterocycles. The number of aliphatic hydroxyl groups is 1. The fraction of sp³-hybridized carbons (Fsp3) is 0.929. The maximum absolute atomic E-state index is 12.1. The summed E-state index contributed by atoms with van der Waals surface area (Å²) in [7, 11) is 0. The van der Waals surface area contributed by atoms with E-state index in [1.165, 1.54) is 0 Å². The topological polar surface area (TPSA) is 75.3 Å². The molecule has 0 radical (unpaired) electrons. The molecule has 18 heavy (non-hydrogen) atoms. The summed E-state index contributed by atoms with van der Waals surface area (Å²) in [5, 5.41) is 12.3. The second kappa shape index (κ2) is 6.53. The van der Waals surface area contributed by atoms with Gasteiger partial charge in [0.15, 0.2) is 0 Å². The predicted octanol–water partition coefficient (Wildman–Crippen LogP) is 1.17. The lowest BCUT2D eigenvalue weighted by Gasteiger charge is -2.31. The van der Waals surface area contributed by atoms with Gasteiger partial charge in [-0.25, -0.2) is 0 Å². The highest BCUT2D eigenvalue weighted by Crippen LogP contribution is 2.29. The fourth-order valence-electron chi connectivity index (χ4n) is 3.19. The van der Waals surface area contributed by atoms with Crippen molar-refractivity contribution in [2.75, 3.05) is 6.61 Å². The maximum atomic E-state index is 12.1. The molecule has 0 atom stereocenters. The van der Waals surface area contributed by atoms with E-state index >= 15 is 0 Å². The van der Waals surface area contributed by atoms with Crippen LogP contribution in [0.25, 0.3) is 0 Å². The molecule has 0 spiro atoms. The number of nitrogens with two attached hydrogens (primary N) is 1. The highest BCUT2D eigenvalue weighted by atomic mass is 16.3. The van der Waals surface area contributed by atoms with Crippen molar-refractivity contribution in [3.63, 3.8) is 0 Å². The SMILES string of the molecule is N[C@H]1CC[C@H](NC(=O)C2CCC(CO)CC2)CC1. The summed E-state index contributed by atoms with van der Waals surface area (Å²) in [5.41, 5.74) is 5.86. The third kappa shape index (κ3) is 3.69. The van der Waals surface area contributed by atoms with Crippen molar-refractivity contribution in [1.29, 1.82) is 0 Å². The number of hydrogen-bond donors (Lipinski definition) is 3. The third-order valence-electron chi connectivity index (χ3n) is 4.59. The Labute approximate surface area is 109 Å². The number of carbonyl (C=O) groups excluding carboxylic acids is 1. The molecule has 104 valence electrons. The van der Waals surface area contributed by atoms with E-state index in [0.717, 1.165) is 51.4 Å². The van der Waals surface area contributed by atoms with Gasteiger partial charge in [0.25, 0.3) is 0 Å². The molecule has 0 aromatic carbocycles. The van der Waals surface area contributed by atoms with Crippen LogP contribution in [0.3, 0.4) is 0 Å². The summed E-state index contributed by atoms with van der Waals surface area (Å²) in [5.74, 6) is 0.817. The van der Waals surface area contributed by atoms with Crippen LogP contribution in [0, 0.1) is 11.8 Å². The highest BCUT2D eigenvalue weighted by Gasteiger charge is 2.28. The van der Waals surface area contributed by atoms with Gasteiger partial charge in [0.1, 0.15) is 0 Å². The first-order valence-corrected chi connectivity index (χ1v) is 7.36. The normalized spacial score (nSPS) is 37.2. The Hall–Kier alpha value is -0.610. The Kier molecular flexibility index (Phi) is 5.01.